The summed E-state index contributed by atoms with van der Waals surface area (Å²) in [4.78, 5) is 13.3. The Labute approximate surface area is 185 Å². The van der Waals surface area contributed by atoms with Crippen LogP contribution in [-0.2, 0) is 12.8 Å². The highest BCUT2D eigenvalue weighted by Crippen LogP contribution is 2.35. The van der Waals surface area contributed by atoms with Gasteiger partial charge in [0.1, 0.15) is 0 Å². The summed E-state index contributed by atoms with van der Waals surface area (Å²) >= 11 is 0. The Balaban J connectivity index is 1.68. The predicted octanol–water partition coefficient (Wildman–Crippen LogP) is 7.66. The van der Waals surface area contributed by atoms with Crippen LogP contribution in [0, 0.1) is 0 Å². The van der Waals surface area contributed by atoms with Crippen LogP contribution in [0.4, 0.5) is 0 Å². The Bertz CT molecular complexity index is 1180. The van der Waals surface area contributed by atoms with E-state index in [1.807, 2.05) is 29.0 Å². The van der Waals surface area contributed by atoms with E-state index in [1.165, 1.54) is 29.5 Å². The van der Waals surface area contributed by atoms with Crippen molar-refractivity contribution < 1.29 is 4.79 Å². The van der Waals surface area contributed by atoms with Crippen molar-refractivity contribution in [3.8, 4) is 11.1 Å². The van der Waals surface area contributed by atoms with Crippen molar-refractivity contribution in [2.75, 3.05) is 0 Å². The number of rotatable bonds is 7. The summed E-state index contributed by atoms with van der Waals surface area (Å²) in [5.41, 5.74) is 7.02. The first-order valence-electron chi connectivity index (χ1n) is 11.4. The minimum atomic E-state index is 0.103. The zero-order valence-electron chi connectivity index (χ0n) is 18.8. The zero-order valence-corrected chi connectivity index (χ0v) is 18.8. The molecule has 0 bridgehead atoms. The van der Waals surface area contributed by atoms with Gasteiger partial charge in [0.15, 0.2) is 0 Å². The van der Waals surface area contributed by atoms with Crippen molar-refractivity contribution in [3.63, 3.8) is 0 Å². The topological polar surface area (TPSA) is 22.0 Å². The van der Waals surface area contributed by atoms with E-state index in [0.717, 1.165) is 28.5 Å². The van der Waals surface area contributed by atoms with Gasteiger partial charge in [-0.1, -0.05) is 93.9 Å². The maximum absolute atomic E-state index is 13.3. The zero-order chi connectivity index (χ0) is 21.8. The minimum Gasteiger partial charge on any atom is -0.286 e. The molecule has 4 aromatic rings. The lowest BCUT2D eigenvalue weighted by molar-refractivity contribution is 0.0919. The number of hydrogen-bond donors (Lipinski definition) is 0. The summed E-state index contributed by atoms with van der Waals surface area (Å²) in [5, 5.41) is 1.12. The Hall–Kier alpha value is -3.13. The summed E-state index contributed by atoms with van der Waals surface area (Å²) in [6, 6.07) is 25.3. The van der Waals surface area contributed by atoms with Crippen molar-refractivity contribution in [3.05, 3.63) is 95.7 Å². The van der Waals surface area contributed by atoms with Crippen LogP contribution < -0.4 is 0 Å². The van der Waals surface area contributed by atoms with Crippen molar-refractivity contribution in [1.29, 1.82) is 0 Å². The molecule has 0 aliphatic carbocycles. The molecule has 0 unspecified atom stereocenters. The number of unbranched alkanes of at least 4 members (excludes halogenated alkanes) is 1. The molecule has 0 saturated heterocycles. The normalized spacial score (nSPS) is 11.4. The molecule has 3 aromatic carbocycles. The summed E-state index contributed by atoms with van der Waals surface area (Å²) < 4.78 is 1.84. The number of aromatic nitrogens is 1. The van der Waals surface area contributed by atoms with Gasteiger partial charge in [0.2, 0.25) is 5.91 Å². The van der Waals surface area contributed by atoms with Gasteiger partial charge in [-0.25, -0.2) is 0 Å². The maximum Gasteiger partial charge on any atom is 0.235 e. The van der Waals surface area contributed by atoms with Crippen LogP contribution >= 0.6 is 0 Å². The lowest BCUT2D eigenvalue weighted by Crippen LogP contribution is -2.12. The van der Waals surface area contributed by atoms with E-state index in [0.29, 0.717) is 12.3 Å². The first kappa shape index (κ1) is 21.1. The van der Waals surface area contributed by atoms with Gasteiger partial charge in [-0.2, -0.15) is 0 Å². The molecule has 1 heterocycles. The van der Waals surface area contributed by atoms with Gasteiger partial charge in [-0.3, -0.25) is 9.36 Å². The van der Waals surface area contributed by atoms with E-state index in [9.17, 15) is 4.79 Å². The van der Waals surface area contributed by atoms with Crippen molar-refractivity contribution in [2.45, 2.75) is 52.4 Å². The monoisotopic (exact) mass is 409 g/mol. The number of carbonyl (C=O) groups excluding carboxylic acids is 1. The highest BCUT2D eigenvalue weighted by atomic mass is 16.2. The smallest absolute Gasteiger partial charge is 0.235 e. The van der Waals surface area contributed by atoms with Gasteiger partial charge in [-0.05, 0) is 47.1 Å². The second-order valence-corrected chi connectivity index (χ2v) is 8.66. The van der Waals surface area contributed by atoms with Crippen LogP contribution in [0.15, 0.2) is 79.0 Å². The quantitative estimate of drug-likeness (QED) is 0.307. The molecule has 0 N–H and O–H groups in total. The fourth-order valence-corrected chi connectivity index (χ4v) is 4.31. The van der Waals surface area contributed by atoms with Crippen LogP contribution in [0.1, 0.15) is 61.0 Å². The Morgan fingerprint density at radius 1 is 0.839 bits per heavy atom. The fourth-order valence-electron chi connectivity index (χ4n) is 4.31. The van der Waals surface area contributed by atoms with Gasteiger partial charge in [-0.15, -0.1) is 0 Å². The van der Waals surface area contributed by atoms with E-state index >= 15 is 0 Å². The number of aryl methyl sites for hydroxylation is 1. The molecule has 0 saturated carbocycles. The molecule has 0 amide bonds. The molecule has 2 heteroatoms. The van der Waals surface area contributed by atoms with Gasteiger partial charge in [0.05, 0.1) is 11.9 Å². The maximum atomic E-state index is 13.3. The molecule has 0 fully saturated rings. The highest BCUT2D eigenvalue weighted by molar-refractivity contribution is 6.02. The van der Waals surface area contributed by atoms with Crippen LogP contribution in [0.25, 0.3) is 22.0 Å². The molecule has 0 radical (unpaired) electrons. The molecule has 2 nitrogen and oxygen atoms in total. The molecule has 1 aromatic heterocycles. The Kier molecular flexibility index (Phi) is 6.36. The molecule has 158 valence electrons. The van der Waals surface area contributed by atoms with E-state index < -0.39 is 0 Å². The van der Waals surface area contributed by atoms with Crippen molar-refractivity contribution in [2.24, 2.45) is 0 Å². The van der Waals surface area contributed by atoms with E-state index in [1.54, 1.807) is 0 Å². The van der Waals surface area contributed by atoms with Gasteiger partial charge in [0, 0.05) is 17.1 Å². The average molecular weight is 410 g/mol. The van der Waals surface area contributed by atoms with Crippen LogP contribution in [0.5, 0.6) is 0 Å². The largest absolute Gasteiger partial charge is 0.286 e. The lowest BCUT2D eigenvalue weighted by atomic mass is 9.92. The molecular formula is C29H31NO. The molecule has 0 aliphatic heterocycles. The van der Waals surface area contributed by atoms with Crippen LogP contribution in [-0.4, -0.2) is 10.5 Å². The molecule has 4 rings (SSSR count). The van der Waals surface area contributed by atoms with Crippen molar-refractivity contribution in [1.82, 2.24) is 4.57 Å². The second kappa shape index (κ2) is 9.34. The predicted molar refractivity (Wildman–Crippen MR) is 131 cm³/mol. The van der Waals surface area contributed by atoms with E-state index in [4.69, 9.17) is 0 Å². The van der Waals surface area contributed by atoms with E-state index in [2.05, 4.69) is 75.4 Å². The fraction of sp³-hybridized carbons (Fsp3) is 0.276. The first-order valence-corrected chi connectivity index (χ1v) is 11.4. The molecular weight excluding hydrogens is 378 g/mol. The highest BCUT2D eigenvalue weighted by Gasteiger charge is 2.17. The number of carbonyl (C=O) groups is 1. The molecule has 0 spiro atoms. The third kappa shape index (κ3) is 4.49. The Morgan fingerprint density at radius 2 is 1.52 bits per heavy atom. The van der Waals surface area contributed by atoms with Gasteiger partial charge < -0.3 is 0 Å². The lowest BCUT2D eigenvalue weighted by Gasteiger charge is -2.11. The van der Waals surface area contributed by atoms with Gasteiger partial charge in [0.25, 0.3) is 0 Å². The number of para-hydroxylation sites is 1. The number of fused-ring (bicyclic) bond motifs is 1. The van der Waals surface area contributed by atoms with Crippen molar-refractivity contribution >= 4 is 16.8 Å². The average Bonchev–Trinajstić information content (AvgIpc) is 3.18. The summed E-state index contributed by atoms with van der Waals surface area (Å²) in [7, 11) is 0. The number of hydrogen-bond acceptors (Lipinski definition) is 1. The molecule has 0 aliphatic rings. The van der Waals surface area contributed by atoms with E-state index in [-0.39, 0.29) is 5.91 Å². The third-order valence-corrected chi connectivity index (χ3v) is 6.05. The van der Waals surface area contributed by atoms with Gasteiger partial charge >= 0.3 is 0 Å². The molecule has 0 atom stereocenters. The first-order chi connectivity index (χ1) is 15.1. The molecule has 31 heavy (non-hydrogen) atoms. The number of benzene rings is 3. The SMILES string of the molecule is CCCCc1ccc(CC(=O)n2cc(-c3ccccc3C(C)C)c3ccccc32)cc1. The summed E-state index contributed by atoms with van der Waals surface area (Å²) in [6.45, 7) is 6.64. The third-order valence-electron chi connectivity index (χ3n) is 6.05. The van der Waals surface area contributed by atoms with Crippen LogP contribution in [0.2, 0.25) is 0 Å². The minimum absolute atomic E-state index is 0.103. The summed E-state index contributed by atoms with van der Waals surface area (Å²) in [6.07, 6.45) is 5.94. The van der Waals surface area contributed by atoms with Crippen LogP contribution in [0.3, 0.4) is 0 Å². The number of nitrogens with zero attached hydrogens (tertiary/aromatic N) is 1. The standard InChI is InChI=1S/C29H31NO/c1-4-5-10-22-15-17-23(18-16-22)19-29(31)30-20-27(26-13-8-9-14-28(26)30)25-12-7-6-11-24(25)21(2)3/h6-9,11-18,20-21H,4-5,10,19H2,1-3H3. The Morgan fingerprint density at radius 3 is 2.26 bits per heavy atom. The second-order valence-electron chi connectivity index (χ2n) is 8.66. The summed E-state index contributed by atoms with van der Waals surface area (Å²) in [5.74, 6) is 0.519.